The van der Waals surface area contributed by atoms with Crippen molar-refractivity contribution in [3.05, 3.63) is 29.8 Å². The molecule has 2 fully saturated rings. The van der Waals surface area contributed by atoms with Crippen LogP contribution in [0.4, 0.5) is 5.69 Å². The molecule has 1 N–H and O–H groups in total. The van der Waals surface area contributed by atoms with Crippen molar-refractivity contribution in [2.45, 2.75) is 39.2 Å². The fourth-order valence-corrected chi connectivity index (χ4v) is 4.65. The van der Waals surface area contributed by atoms with E-state index in [0.29, 0.717) is 11.5 Å². The van der Waals surface area contributed by atoms with Crippen molar-refractivity contribution in [1.82, 2.24) is 10.2 Å². The Labute approximate surface area is 180 Å². The SMILES string of the molecule is CCNC(=NCC(C)N1CCc2ccccc21)N1CCC2(CCOC2)C1.I. The highest BCUT2D eigenvalue weighted by Crippen LogP contribution is 2.38. The minimum atomic E-state index is 0. The normalized spacial score (nSPS) is 25.6. The molecular formula is C21H33IN4O. The quantitative estimate of drug-likeness (QED) is 0.405. The molecule has 1 aromatic rings. The van der Waals surface area contributed by atoms with Crippen molar-refractivity contribution in [2.75, 3.05) is 50.8 Å². The van der Waals surface area contributed by atoms with E-state index in [0.717, 1.165) is 58.3 Å². The van der Waals surface area contributed by atoms with Crippen LogP contribution >= 0.6 is 24.0 Å². The van der Waals surface area contributed by atoms with Crippen LogP contribution in [0.25, 0.3) is 0 Å². The van der Waals surface area contributed by atoms with Crippen LogP contribution in [0.3, 0.4) is 0 Å². The highest BCUT2D eigenvalue weighted by molar-refractivity contribution is 14.0. The number of nitrogens with one attached hydrogen (secondary N) is 1. The Morgan fingerprint density at radius 1 is 1.30 bits per heavy atom. The van der Waals surface area contributed by atoms with E-state index >= 15 is 0 Å². The summed E-state index contributed by atoms with van der Waals surface area (Å²) >= 11 is 0. The van der Waals surface area contributed by atoms with Gasteiger partial charge in [0.1, 0.15) is 0 Å². The van der Waals surface area contributed by atoms with E-state index in [1.807, 2.05) is 0 Å². The Balaban J connectivity index is 0.00000210. The first kappa shape index (κ1) is 20.7. The zero-order valence-corrected chi connectivity index (χ0v) is 18.9. The van der Waals surface area contributed by atoms with Gasteiger partial charge >= 0.3 is 0 Å². The molecule has 5 nitrogen and oxygen atoms in total. The van der Waals surface area contributed by atoms with E-state index in [1.165, 1.54) is 24.1 Å². The third-order valence-electron chi connectivity index (χ3n) is 6.22. The van der Waals surface area contributed by atoms with E-state index in [9.17, 15) is 0 Å². The van der Waals surface area contributed by atoms with Crippen LogP contribution in [0, 0.1) is 5.41 Å². The van der Waals surface area contributed by atoms with Gasteiger partial charge < -0.3 is 19.9 Å². The maximum Gasteiger partial charge on any atom is 0.194 e. The van der Waals surface area contributed by atoms with Gasteiger partial charge in [0, 0.05) is 49.9 Å². The average Bonchev–Trinajstić information content (AvgIpc) is 3.39. The number of benzene rings is 1. The fraction of sp³-hybridized carbons (Fsp3) is 0.667. The van der Waals surface area contributed by atoms with Crippen molar-refractivity contribution in [3.63, 3.8) is 0 Å². The molecule has 1 aromatic carbocycles. The molecule has 3 aliphatic heterocycles. The summed E-state index contributed by atoms with van der Waals surface area (Å²) in [5, 5.41) is 3.51. The lowest BCUT2D eigenvalue weighted by Crippen LogP contribution is -2.42. The molecule has 0 radical (unpaired) electrons. The van der Waals surface area contributed by atoms with Crippen LogP contribution in [0.15, 0.2) is 29.3 Å². The van der Waals surface area contributed by atoms with Gasteiger partial charge in [0.05, 0.1) is 13.2 Å². The molecule has 150 valence electrons. The van der Waals surface area contributed by atoms with E-state index in [2.05, 4.69) is 53.2 Å². The number of halogens is 1. The highest BCUT2D eigenvalue weighted by atomic mass is 127. The van der Waals surface area contributed by atoms with Crippen LogP contribution in [-0.2, 0) is 11.2 Å². The molecule has 0 saturated carbocycles. The predicted octanol–water partition coefficient (Wildman–Crippen LogP) is 3.13. The van der Waals surface area contributed by atoms with Gasteiger partial charge in [-0.3, -0.25) is 4.99 Å². The molecule has 1 spiro atoms. The van der Waals surface area contributed by atoms with Crippen molar-refractivity contribution < 1.29 is 4.74 Å². The number of hydrogen-bond acceptors (Lipinski definition) is 3. The predicted molar refractivity (Wildman–Crippen MR) is 122 cm³/mol. The van der Waals surface area contributed by atoms with Gasteiger partial charge in [0.2, 0.25) is 0 Å². The highest BCUT2D eigenvalue weighted by Gasteiger charge is 2.42. The first-order chi connectivity index (χ1) is 12.7. The summed E-state index contributed by atoms with van der Waals surface area (Å²) in [6.45, 7) is 11.3. The summed E-state index contributed by atoms with van der Waals surface area (Å²) in [5.74, 6) is 1.08. The topological polar surface area (TPSA) is 40.1 Å². The first-order valence-corrected chi connectivity index (χ1v) is 10.2. The maximum atomic E-state index is 5.68. The van der Waals surface area contributed by atoms with Gasteiger partial charge in [0.15, 0.2) is 5.96 Å². The fourth-order valence-electron chi connectivity index (χ4n) is 4.65. The monoisotopic (exact) mass is 484 g/mol. The molecule has 27 heavy (non-hydrogen) atoms. The number of anilines is 1. The van der Waals surface area contributed by atoms with Crippen molar-refractivity contribution >= 4 is 35.6 Å². The van der Waals surface area contributed by atoms with Gasteiger partial charge in [-0.15, -0.1) is 24.0 Å². The molecule has 3 heterocycles. The van der Waals surface area contributed by atoms with Gasteiger partial charge in [-0.05, 0) is 44.7 Å². The Morgan fingerprint density at radius 2 is 2.15 bits per heavy atom. The molecule has 0 amide bonds. The second-order valence-corrected chi connectivity index (χ2v) is 8.09. The summed E-state index contributed by atoms with van der Waals surface area (Å²) in [6, 6.07) is 9.20. The lowest BCUT2D eigenvalue weighted by molar-refractivity contribution is 0.156. The second-order valence-electron chi connectivity index (χ2n) is 8.09. The Bertz CT molecular complexity index is 659. The molecule has 3 aliphatic rings. The summed E-state index contributed by atoms with van der Waals surface area (Å²) in [5.41, 5.74) is 3.23. The number of hydrogen-bond donors (Lipinski definition) is 1. The molecule has 0 aliphatic carbocycles. The molecule has 2 atom stereocenters. The average molecular weight is 484 g/mol. The van der Waals surface area contributed by atoms with Crippen LogP contribution < -0.4 is 10.2 Å². The maximum absolute atomic E-state index is 5.68. The van der Waals surface area contributed by atoms with Crippen LogP contribution in [0.1, 0.15) is 32.3 Å². The van der Waals surface area contributed by atoms with E-state index in [-0.39, 0.29) is 24.0 Å². The Morgan fingerprint density at radius 3 is 2.93 bits per heavy atom. The lowest BCUT2D eigenvalue weighted by Gasteiger charge is -2.28. The van der Waals surface area contributed by atoms with Gasteiger partial charge in [-0.25, -0.2) is 0 Å². The number of rotatable bonds is 4. The van der Waals surface area contributed by atoms with E-state index in [1.54, 1.807) is 0 Å². The van der Waals surface area contributed by atoms with Crippen molar-refractivity contribution in [2.24, 2.45) is 10.4 Å². The van der Waals surface area contributed by atoms with Gasteiger partial charge in [-0.1, -0.05) is 18.2 Å². The zero-order chi connectivity index (χ0) is 18.0. The standard InChI is InChI=1S/C21H32N4O.HI/c1-3-22-20(24-12-9-21(15-24)10-13-26-16-21)23-14-17(2)25-11-8-18-6-4-5-7-19(18)25;/h4-7,17H,3,8-16H2,1-2H3,(H,22,23);1H. The number of para-hydroxylation sites is 1. The molecular weight excluding hydrogens is 451 g/mol. The minimum Gasteiger partial charge on any atom is -0.381 e. The third kappa shape index (κ3) is 4.36. The number of nitrogens with zero attached hydrogens (tertiary/aromatic N) is 3. The number of aliphatic imine (C=N–C) groups is 1. The molecule has 4 rings (SSSR count). The van der Waals surface area contributed by atoms with Crippen molar-refractivity contribution in [3.8, 4) is 0 Å². The second kappa shape index (κ2) is 8.99. The molecule has 2 unspecified atom stereocenters. The third-order valence-corrected chi connectivity index (χ3v) is 6.22. The number of guanidine groups is 1. The summed E-state index contributed by atoms with van der Waals surface area (Å²) in [7, 11) is 0. The molecule has 0 bridgehead atoms. The van der Waals surface area contributed by atoms with Crippen LogP contribution in [0.5, 0.6) is 0 Å². The van der Waals surface area contributed by atoms with E-state index in [4.69, 9.17) is 9.73 Å². The summed E-state index contributed by atoms with van der Waals surface area (Å²) in [4.78, 5) is 9.98. The number of ether oxygens (including phenoxy) is 1. The van der Waals surface area contributed by atoms with Crippen LogP contribution in [0.2, 0.25) is 0 Å². The zero-order valence-electron chi connectivity index (χ0n) is 16.6. The molecule has 0 aromatic heterocycles. The van der Waals surface area contributed by atoms with Gasteiger partial charge in [0.25, 0.3) is 0 Å². The summed E-state index contributed by atoms with van der Waals surface area (Å²) < 4.78 is 5.68. The number of fused-ring (bicyclic) bond motifs is 1. The van der Waals surface area contributed by atoms with E-state index < -0.39 is 0 Å². The summed E-state index contributed by atoms with van der Waals surface area (Å²) in [6.07, 6.45) is 3.58. The first-order valence-electron chi connectivity index (χ1n) is 10.2. The molecule has 6 heteroatoms. The number of likely N-dealkylation sites (tertiary alicyclic amines) is 1. The minimum absolute atomic E-state index is 0. The Kier molecular flexibility index (Phi) is 6.89. The smallest absolute Gasteiger partial charge is 0.194 e. The Hall–Kier alpha value is -1.02. The van der Waals surface area contributed by atoms with Crippen molar-refractivity contribution in [1.29, 1.82) is 0 Å². The van der Waals surface area contributed by atoms with Gasteiger partial charge in [-0.2, -0.15) is 0 Å². The lowest BCUT2D eigenvalue weighted by atomic mass is 9.87. The molecule has 2 saturated heterocycles. The van der Waals surface area contributed by atoms with Crippen LogP contribution in [-0.4, -0.2) is 62.8 Å². The largest absolute Gasteiger partial charge is 0.381 e.